The van der Waals surface area contributed by atoms with E-state index in [9.17, 15) is 9.59 Å². The van der Waals surface area contributed by atoms with Crippen molar-refractivity contribution < 1.29 is 23.8 Å². The zero-order chi connectivity index (χ0) is 21.3. The van der Waals surface area contributed by atoms with Gasteiger partial charge in [0, 0.05) is 41.5 Å². The number of hydrogen-bond acceptors (Lipinski definition) is 5. The molecule has 2 aromatic carbocycles. The molecule has 2 atom stereocenters. The highest BCUT2D eigenvalue weighted by molar-refractivity contribution is 6.02. The molecule has 0 radical (unpaired) electrons. The van der Waals surface area contributed by atoms with Gasteiger partial charge in [-0.1, -0.05) is 12.1 Å². The number of carbonyl (C=O) groups is 2. The lowest BCUT2D eigenvalue weighted by Gasteiger charge is -2.35. The third-order valence-electron chi connectivity index (χ3n) is 5.93. The van der Waals surface area contributed by atoms with Crippen molar-refractivity contribution in [2.45, 2.75) is 31.1 Å². The van der Waals surface area contributed by atoms with E-state index >= 15 is 0 Å². The SMILES string of the molecule is COc1ccc([C@H]2CC(=O)NC3=C2C(=O)C[C@H](c2cc(OC)ccc2OC)C3)cc1. The first-order valence-electron chi connectivity index (χ1n) is 9.96. The maximum atomic E-state index is 13.3. The number of hydrogen-bond donors (Lipinski definition) is 1. The van der Waals surface area contributed by atoms with Crippen LogP contribution >= 0.6 is 0 Å². The van der Waals surface area contributed by atoms with Crippen LogP contribution in [-0.4, -0.2) is 33.0 Å². The van der Waals surface area contributed by atoms with Gasteiger partial charge in [0.25, 0.3) is 0 Å². The normalized spacial score (nSPS) is 21.0. The van der Waals surface area contributed by atoms with Gasteiger partial charge >= 0.3 is 0 Å². The van der Waals surface area contributed by atoms with Crippen LogP contribution in [0.1, 0.15) is 42.2 Å². The van der Waals surface area contributed by atoms with Gasteiger partial charge in [-0.05, 0) is 42.3 Å². The lowest BCUT2D eigenvalue weighted by Crippen LogP contribution is -2.38. The minimum atomic E-state index is -0.236. The number of carbonyl (C=O) groups excluding carboxylic acids is 2. The summed E-state index contributed by atoms with van der Waals surface area (Å²) < 4.78 is 16.1. The summed E-state index contributed by atoms with van der Waals surface area (Å²) in [6.07, 6.45) is 1.21. The Morgan fingerprint density at radius 3 is 2.20 bits per heavy atom. The third kappa shape index (κ3) is 3.65. The van der Waals surface area contributed by atoms with Gasteiger partial charge in [0.2, 0.25) is 5.91 Å². The van der Waals surface area contributed by atoms with Gasteiger partial charge in [0.15, 0.2) is 5.78 Å². The fourth-order valence-corrected chi connectivity index (χ4v) is 4.46. The number of benzene rings is 2. The third-order valence-corrected chi connectivity index (χ3v) is 5.93. The topological polar surface area (TPSA) is 73.9 Å². The maximum absolute atomic E-state index is 13.3. The van der Waals surface area contributed by atoms with Crippen LogP contribution in [0.5, 0.6) is 17.2 Å². The van der Waals surface area contributed by atoms with Crippen molar-refractivity contribution in [1.29, 1.82) is 0 Å². The highest BCUT2D eigenvalue weighted by Gasteiger charge is 2.38. The average molecular weight is 407 g/mol. The Kier molecular flexibility index (Phi) is 5.48. The molecule has 30 heavy (non-hydrogen) atoms. The van der Waals surface area contributed by atoms with E-state index in [2.05, 4.69) is 5.32 Å². The molecule has 0 unspecified atom stereocenters. The van der Waals surface area contributed by atoms with Gasteiger partial charge in [-0.2, -0.15) is 0 Å². The van der Waals surface area contributed by atoms with Crippen LogP contribution in [0.25, 0.3) is 0 Å². The summed E-state index contributed by atoms with van der Waals surface area (Å²) in [7, 11) is 4.84. The van der Waals surface area contributed by atoms with Gasteiger partial charge in [0.1, 0.15) is 17.2 Å². The van der Waals surface area contributed by atoms with E-state index in [0.29, 0.717) is 24.3 Å². The first kappa shape index (κ1) is 20.0. The molecule has 6 heteroatoms. The molecule has 4 rings (SSSR count). The smallest absolute Gasteiger partial charge is 0.225 e. The fourth-order valence-electron chi connectivity index (χ4n) is 4.46. The van der Waals surface area contributed by atoms with Crippen LogP contribution < -0.4 is 19.5 Å². The van der Waals surface area contributed by atoms with Gasteiger partial charge in [-0.3, -0.25) is 9.59 Å². The van der Waals surface area contributed by atoms with E-state index in [4.69, 9.17) is 14.2 Å². The van der Waals surface area contributed by atoms with Gasteiger partial charge in [-0.25, -0.2) is 0 Å². The number of methoxy groups -OCH3 is 3. The van der Waals surface area contributed by atoms with Crippen molar-refractivity contribution in [2.24, 2.45) is 0 Å². The zero-order valence-electron chi connectivity index (χ0n) is 17.4. The summed E-state index contributed by atoms with van der Waals surface area (Å²) in [5.74, 6) is 1.84. The molecule has 1 amide bonds. The number of amides is 1. The number of nitrogens with one attached hydrogen (secondary N) is 1. The Morgan fingerprint density at radius 2 is 1.53 bits per heavy atom. The van der Waals surface area contributed by atoms with Crippen molar-refractivity contribution in [2.75, 3.05) is 21.3 Å². The number of ketones is 1. The second-order valence-electron chi connectivity index (χ2n) is 7.61. The van der Waals surface area contributed by atoms with E-state index < -0.39 is 0 Å². The lowest BCUT2D eigenvalue weighted by molar-refractivity contribution is -0.122. The molecule has 1 N–H and O–H groups in total. The standard InChI is InChI=1S/C24H25NO5/c1-28-16-6-4-14(5-7-16)19-13-23(27)25-20-10-15(11-21(26)24(19)20)18-12-17(29-2)8-9-22(18)30-3/h4-9,12,15,19H,10-11,13H2,1-3H3,(H,25,27)/t15-,19-/m1/s1. The Bertz CT molecular complexity index is 1010. The Labute approximate surface area is 175 Å². The summed E-state index contributed by atoms with van der Waals surface area (Å²) >= 11 is 0. The minimum Gasteiger partial charge on any atom is -0.497 e. The molecule has 1 heterocycles. The van der Waals surface area contributed by atoms with E-state index in [1.807, 2.05) is 42.5 Å². The molecule has 0 saturated carbocycles. The van der Waals surface area contributed by atoms with Crippen LogP contribution in [0, 0.1) is 0 Å². The zero-order valence-corrected chi connectivity index (χ0v) is 17.4. The van der Waals surface area contributed by atoms with Gasteiger partial charge < -0.3 is 19.5 Å². The molecule has 0 saturated heterocycles. The maximum Gasteiger partial charge on any atom is 0.225 e. The lowest BCUT2D eigenvalue weighted by atomic mass is 9.73. The molecule has 0 bridgehead atoms. The van der Waals surface area contributed by atoms with Gasteiger partial charge in [-0.15, -0.1) is 0 Å². The van der Waals surface area contributed by atoms with E-state index in [-0.39, 0.29) is 29.9 Å². The predicted molar refractivity (Wildman–Crippen MR) is 112 cm³/mol. The first-order chi connectivity index (χ1) is 14.5. The highest BCUT2D eigenvalue weighted by Crippen LogP contribution is 2.45. The quantitative estimate of drug-likeness (QED) is 0.818. The summed E-state index contributed by atoms with van der Waals surface area (Å²) in [4.78, 5) is 25.7. The van der Waals surface area contributed by atoms with Gasteiger partial charge in [0.05, 0.1) is 21.3 Å². The van der Waals surface area contributed by atoms with Crippen molar-refractivity contribution in [3.8, 4) is 17.2 Å². The number of rotatable bonds is 5. The first-order valence-corrected chi connectivity index (χ1v) is 9.96. The van der Waals surface area contributed by atoms with Crippen molar-refractivity contribution in [3.63, 3.8) is 0 Å². The van der Waals surface area contributed by atoms with Crippen molar-refractivity contribution in [1.82, 2.24) is 5.32 Å². The molecular formula is C24H25NO5. The molecule has 2 aromatic rings. The molecule has 0 fully saturated rings. The minimum absolute atomic E-state index is 0.0620. The largest absolute Gasteiger partial charge is 0.497 e. The Morgan fingerprint density at radius 1 is 0.833 bits per heavy atom. The second kappa shape index (κ2) is 8.22. The van der Waals surface area contributed by atoms with Crippen LogP contribution in [0.4, 0.5) is 0 Å². The molecule has 2 aliphatic rings. The summed E-state index contributed by atoms with van der Waals surface area (Å²) in [5.41, 5.74) is 3.30. The summed E-state index contributed by atoms with van der Waals surface area (Å²) in [5, 5.41) is 2.96. The predicted octanol–water partition coefficient (Wildman–Crippen LogP) is 3.72. The van der Waals surface area contributed by atoms with E-state index in [1.54, 1.807) is 21.3 Å². The van der Waals surface area contributed by atoms with Crippen LogP contribution in [0.2, 0.25) is 0 Å². The Hall–Kier alpha value is -3.28. The molecule has 0 spiro atoms. The highest BCUT2D eigenvalue weighted by atomic mass is 16.5. The fraction of sp³-hybridized carbons (Fsp3) is 0.333. The number of allylic oxidation sites excluding steroid dienone is 2. The Balaban J connectivity index is 1.71. The van der Waals surface area contributed by atoms with Crippen LogP contribution in [-0.2, 0) is 9.59 Å². The molecule has 6 nitrogen and oxygen atoms in total. The average Bonchev–Trinajstić information content (AvgIpc) is 2.77. The van der Waals surface area contributed by atoms with Crippen LogP contribution in [0.15, 0.2) is 53.7 Å². The molecule has 0 aromatic heterocycles. The monoisotopic (exact) mass is 407 g/mol. The van der Waals surface area contributed by atoms with E-state index in [0.717, 1.165) is 28.1 Å². The molecule has 1 aliphatic heterocycles. The molecule has 156 valence electrons. The van der Waals surface area contributed by atoms with Crippen LogP contribution in [0.3, 0.4) is 0 Å². The number of Topliss-reactive ketones (excluding diaryl/α,β-unsaturated/α-hetero) is 1. The molecular weight excluding hydrogens is 382 g/mol. The summed E-state index contributed by atoms with van der Waals surface area (Å²) in [6.45, 7) is 0. The van der Waals surface area contributed by atoms with E-state index in [1.165, 1.54) is 0 Å². The van der Waals surface area contributed by atoms with Crippen molar-refractivity contribution in [3.05, 3.63) is 64.9 Å². The molecule has 1 aliphatic carbocycles. The number of ether oxygens (including phenoxy) is 3. The van der Waals surface area contributed by atoms with Crippen molar-refractivity contribution >= 4 is 11.7 Å². The second-order valence-corrected chi connectivity index (χ2v) is 7.61. The summed E-state index contributed by atoms with van der Waals surface area (Å²) in [6, 6.07) is 13.2.